The Balaban J connectivity index is 1.26. The topological polar surface area (TPSA) is 25.8 Å². The molecule has 2 nitrogen and oxygen atoms in total. The standard InChI is InChI=1S/C50H30N2/c1-2-12-31(13-3-1)34-24-23-32-25-27-36-35(44(32)30-34)20-10-21-37(36)46-38-15-4-6-17-40(38)47(41-18-7-5-16-39(41)46)48-42-19-8-9-22-45(42)52-50-43(48)28-26-33-14-11-29-51-49(33)50/h1-30H. The van der Waals surface area contributed by atoms with Crippen molar-refractivity contribution in [3.05, 3.63) is 182 Å². The van der Waals surface area contributed by atoms with Gasteiger partial charge in [-0.1, -0.05) is 158 Å². The fraction of sp³-hybridized carbons (Fsp3) is 0. The molecular formula is C50H30N2. The van der Waals surface area contributed by atoms with Crippen LogP contribution in [0.1, 0.15) is 0 Å². The zero-order valence-electron chi connectivity index (χ0n) is 28.2. The predicted octanol–water partition coefficient (Wildman–Crippen LogP) is 13.5. The Morgan fingerprint density at radius 1 is 0.308 bits per heavy atom. The SMILES string of the molecule is c1ccc(-c2ccc3ccc4c(-c5c6ccccc6c(-c6c7ccccc7nc7c6ccc6cccnc67)c6ccccc56)cccc4c3c2)cc1. The highest BCUT2D eigenvalue weighted by Crippen LogP contribution is 2.49. The lowest BCUT2D eigenvalue weighted by atomic mass is 9.82. The summed E-state index contributed by atoms with van der Waals surface area (Å²) in [4.78, 5) is 10.1. The minimum absolute atomic E-state index is 0.927. The van der Waals surface area contributed by atoms with Crippen LogP contribution < -0.4 is 0 Å². The largest absolute Gasteiger partial charge is 0.254 e. The van der Waals surface area contributed by atoms with E-state index in [4.69, 9.17) is 9.97 Å². The van der Waals surface area contributed by atoms with Crippen molar-refractivity contribution in [3.8, 4) is 33.4 Å². The van der Waals surface area contributed by atoms with Gasteiger partial charge < -0.3 is 0 Å². The first-order chi connectivity index (χ1) is 25.8. The molecule has 0 N–H and O–H groups in total. The minimum Gasteiger partial charge on any atom is -0.254 e. The van der Waals surface area contributed by atoms with Crippen molar-refractivity contribution in [2.45, 2.75) is 0 Å². The average Bonchev–Trinajstić information content (AvgIpc) is 3.22. The van der Waals surface area contributed by atoms with Gasteiger partial charge in [0.1, 0.15) is 0 Å². The maximum absolute atomic E-state index is 5.24. The number of nitrogens with zero attached hydrogens (tertiary/aromatic N) is 2. The van der Waals surface area contributed by atoms with Gasteiger partial charge in [-0.15, -0.1) is 0 Å². The van der Waals surface area contributed by atoms with Gasteiger partial charge in [-0.05, 0) is 89.1 Å². The van der Waals surface area contributed by atoms with E-state index >= 15 is 0 Å². The second kappa shape index (κ2) is 11.3. The molecule has 2 aromatic heterocycles. The zero-order valence-corrected chi connectivity index (χ0v) is 28.2. The Morgan fingerprint density at radius 3 is 1.71 bits per heavy atom. The Hall–Kier alpha value is -6.90. The number of hydrogen-bond donors (Lipinski definition) is 0. The summed E-state index contributed by atoms with van der Waals surface area (Å²) < 4.78 is 0. The lowest BCUT2D eigenvalue weighted by Gasteiger charge is -2.21. The molecule has 52 heavy (non-hydrogen) atoms. The number of aromatic nitrogens is 2. The van der Waals surface area contributed by atoms with Gasteiger partial charge >= 0.3 is 0 Å². The van der Waals surface area contributed by atoms with Gasteiger partial charge in [0.25, 0.3) is 0 Å². The summed E-state index contributed by atoms with van der Waals surface area (Å²) in [5, 5.41) is 13.3. The molecule has 0 spiro atoms. The van der Waals surface area contributed by atoms with Crippen LogP contribution in [-0.2, 0) is 0 Å². The third-order valence-electron chi connectivity index (χ3n) is 10.9. The number of fused-ring (bicyclic) bond motifs is 9. The summed E-state index contributed by atoms with van der Waals surface area (Å²) in [6.07, 6.45) is 1.87. The number of pyridine rings is 2. The van der Waals surface area contributed by atoms with Gasteiger partial charge in [0.15, 0.2) is 0 Å². The van der Waals surface area contributed by atoms with E-state index in [1.54, 1.807) is 0 Å². The van der Waals surface area contributed by atoms with Crippen LogP contribution in [0.15, 0.2) is 182 Å². The molecule has 0 fully saturated rings. The van der Waals surface area contributed by atoms with E-state index in [1.165, 1.54) is 76.5 Å². The highest BCUT2D eigenvalue weighted by atomic mass is 14.7. The molecule has 0 saturated heterocycles. The van der Waals surface area contributed by atoms with Crippen LogP contribution in [0, 0.1) is 0 Å². The first kappa shape index (κ1) is 28.9. The van der Waals surface area contributed by atoms with Crippen molar-refractivity contribution in [1.82, 2.24) is 9.97 Å². The minimum atomic E-state index is 0.927. The molecule has 0 unspecified atom stereocenters. The Morgan fingerprint density at radius 2 is 0.923 bits per heavy atom. The van der Waals surface area contributed by atoms with E-state index in [0.717, 1.165) is 32.7 Å². The van der Waals surface area contributed by atoms with Crippen molar-refractivity contribution in [3.63, 3.8) is 0 Å². The molecule has 0 bridgehead atoms. The second-order valence-corrected chi connectivity index (χ2v) is 13.7. The van der Waals surface area contributed by atoms with Crippen LogP contribution in [0.5, 0.6) is 0 Å². The third-order valence-corrected chi connectivity index (χ3v) is 10.9. The van der Waals surface area contributed by atoms with Crippen LogP contribution in [0.3, 0.4) is 0 Å². The maximum atomic E-state index is 5.24. The fourth-order valence-electron chi connectivity index (χ4n) is 8.57. The molecule has 0 saturated carbocycles. The number of para-hydroxylation sites is 1. The molecule has 0 aliphatic rings. The molecule has 9 aromatic carbocycles. The Bertz CT molecular complexity index is 3180. The molecule has 2 heteroatoms. The Labute approximate surface area is 300 Å². The zero-order chi connectivity index (χ0) is 34.2. The van der Waals surface area contributed by atoms with Crippen molar-refractivity contribution in [1.29, 1.82) is 0 Å². The molecular weight excluding hydrogens is 629 g/mol. The summed E-state index contributed by atoms with van der Waals surface area (Å²) in [5.41, 5.74) is 10.2. The first-order valence-electron chi connectivity index (χ1n) is 17.8. The van der Waals surface area contributed by atoms with Crippen LogP contribution in [0.2, 0.25) is 0 Å². The van der Waals surface area contributed by atoms with E-state index in [1.807, 2.05) is 12.3 Å². The van der Waals surface area contributed by atoms with E-state index in [-0.39, 0.29) is 0 Å². The number of benzene rings is 9. The first-order valence-corrected chi connectivity index (χ1v) is 17.8. The summed E-state index contributed by atoms with van der Waals surface area (Å²) >= 11 is 0. The summed E-state index contributed by atoms with van der Waals surface area (Å²) in [7, 11) is 0. The highest BCUT2D eigenvalue weighted by Gasteiger charge is 2.22. The van der Waals surface area contributed by atoms with Gasteiger partial charge in [0.05, 0.1) is 16.6 Å². The van der Waals surface area contributed by atoms with Gasteiger partial charge in [0.2, 0.25) is 0 Å². The third kappa shape index (κ3) is 4.25. The van der Waals surface area contributed by atoms with Crippen molar-refractivity contribution < 1.29 is 0 Å². The lowest BCUT2D eigenvalue weighted by Crippen LogP contribution is -1.95. The number of hydrogen-bond acceptors (Lipinski definition) is 2. The molecule has 240 valence electrons. The fourth-order valence-corrected chi connectivity index (χ4v) is 8.57. The van der Waals surface area contributed by atoms with Gasteiger partial charge in [0, 0.05) is 27.9 Å². The van der Waals surface area contributed by atoms with E-state index in [9.17, 15) is 0 Å². The van der Waals surface area contributed by atoms with Crippen LogP contribution in [0.25, 0.3) is 109 Å². The average molecular weight is 659 g/mol. The lowest BCUT2D eigenvalue weighted by molar-refractivity contribution is 1.40. The van der Waals surface area contributed by atoms with Gasteiger partial charge in [-0.2, -0.15) is 0 Å². The molecule has 2 heterocycles. The molecule has 11 aromatic rings. The molecule has 0 atom stereocenters. The molecule has 0 radical (unpaired) electrons. The van der Waals surface area contributed by atoms with Crippen LogP contribution in [-0.4, -0.2) is 9.97 Å². The second-order valence-electron chi connectivity index (χ2n) is 13.7. The van der Waals surface area contributed by atoms with E-state index in [0.29, 0.717) is 0 Å². The molecule has 0 aliphatic carbocycles. The van der Waals surface area contributed by atoms with E-state index < -0.39 is 0 Å². The summed E-state index contributed by atoms with van der Waals surface area (Å²) in [5.74, 6) is 0. The highest BCUT2D eigenvalue weighted by molar-refractivity contribution is 6.29. The summed E-state index contributed by atoms with van der Waals surface area (Å²) in [6.45, 7) is 0. The number of rotatable bonds is 3. The molecule has 0 aliphatic heterocycles. The summed E-state index contributed by atoms with van der Waals surface area (Å²) in [6, 6.07) is 63.9. The molecule has 0 amide bonds. The monoisotopic (exact) mass is 658 g/mol. The maximum Gasteiger partial charge on any atom is 0.0978 e. The van der Waals surface area contributed by atoms with Crippen molar-refractivity contribution in [2.24, 2.45) is 0 Å². The normalized spacial score (nSPS) is 11.8. The van der Waals surface area contributed by atoms with Gasteiger partial charge in [-0.3, -0.25) is 4.98 Å². The van der Waals surface area contributed by atoms with E-state index in [2.05, 4.69) is 170 Å². The van der Waals surface area contributed by atoms with Crippen molar-refractivity contribution >= 4 is 75.8 Å². The van der Waals surface area contributed by atoms with Crippen LogP contribution in [0.4, 0.5) is 0 Å². The quantitative estimate of drug-likeness (QED) is 0.139. The Kier molecular flexibility index (Phi) is 6.28. The van der Waals surface area contributed by atoms with Crippen molar-refractivity contribution in [2.75, 3.05) is 0 Å². The predicted molar refractivity (Wildman–Crippen MR) is 221 cm³/mol. The van der Waals surface area contributed by atoms with Gasteiger partial charge in [-0.25, -0.2) is 4.98 Å². The molecule has 11 rings (SSSR count). The smallest absolute Gasteiger partial charge is 0.0978 e. The van der Waals surface area contributed by atoms with Crippen LogP contribution >= 0.6 is 0 Å².